The van der Waals surface area contributed by atoms with Gasteiger partial charge in [-0.15, -0.1) is 0 Å². The summed E-state index contributed by atoms with van der Waals surface area (Å²) >= 11 is 0. The number of nitriles is 1. The second kappa shape index (κ2) is 5.91. The molecule has 4 nitrogen and oxygen atoms in total. The topological polar surface area (TPSA) is 56.1 Å². The second-order valence-electron chi connectivity index (χ2n) is 5.97. The first-order valence-electron chi connectivity index (χ1n) is 7.53. The van der Waals surface area contributed by atoms with Gasteiger partial charge in [0.1, 0.15) is 5.69 Å². The molecule has 1 heterocycles. The lowest BCUT2D eigenvalue weighted by Gasteiger charge is -2.34. The zero-order valence-corrected chi connectivity index (χ0v) is 12.1. The SMILES string of the molecule is N#Cc1cc(F)c(N2CCC[C@H](C(=O)NC3CC3)C2)c(F)c1. The van der Waals surface area contributed by atoms with Crippen LogP contribution < -0.4 is 10.2 Å². The van der Waals surface area contributed by atoms with Gasteiger partial charge >= 0.3 is 0 Å². The van der Waals surface area contributed by atoms with Gasteiger partial charge in [-0.05, 0) is 37.8 Å². The van der Waals surface area contributed by atoms with E-state index in [9.17, 15) is 13.6 Å². The molecule has 1 atom stereocenters. The molecular formula is C16H17F2N3O. The molecule has 2 fully saturated rings. The largest absolute Gasteiger partial charge is 0.366 e. The summed E-state index contributed by atoms with van der Waals surface area (Å²) in [6, 6.07) is 4.08. The predicted molar refractivity (Wildman–Crippen MR) is 77.2 cm³/mol. The van der Waals surface area contributed by atoms with Gasteiger partial charge in [0, 0.05) is 19.1 Å². The van der Waals surface area contributed by atoms with Gasteiger partial charge in [0.25, 0.3) is 0 Å². The zero-order chi connectivity index (χ0) is 15.7. The monoisotopic (exact) mass is 305 g/mol. The molecule has 1 aliphatic heterocycles. The van der Waals surface area contributed by atoms with Crippen LogP contribution in [0.4, 0.5) is 14.5 Å². The summed E-state index contributed by atoms with van der Waals surface area (Å²) in [5, 5.41) is 11.7. The number of benzene rings is 1. The van der Waals surface area contributed by atoms with Gasteiger partial charge < -0.3 is 10.2 Å². The summed E-state index contributed by atoms with van der Waals surface area (Å²) in [4.78, 5) is 13.7. The highest BCUT2D eigenvalue weighted by Crippen LogP contribution is 2.30. The average molecular weight is 305 g/mol. The minimum Gasteiger partial charge on any atom is -0.366 e. The van der Waals surface area contributed by atoms with E-state index in [-0.39, 0.29) is 29.1 Å². The van der Waals surface area contributed by atoms with Gasteiger partial charge in [0.05, 0.1) is 17.6 Å². The summed E-state index contributed by atoms with van der Waals surface area (Å²) in [6.07, 6.45) is 3.47. The Morgan fingerprint density at radius 1 is 1.27 bits per heavy atom. The number of nitrogens with zero attached hydrogens (tertiary/aromatic N) is 2. The maximum Gasteiger partial charge on any atom is 0.225 e. The number of anilines is 1. The van der Waals surface area contributed by atoms with Gasteiger partial charge in [-0.2, -0.15) is 5.26 Å². The van der Waals surface area contributed by atoms with E-state index in [1.807, 2.05) is 0 Å². The van der Waals surface area contributed by atoms with Crippen molar-refractivity contribution in [1.29, 1.82) is 5.26 Å². The Kier molecular flexibility index (Phi) is 3.97. The van der Waals surface area contributed by atoms with Crippen LogP contribution in [-0.4, -0.2) is 25.0 Å². The third-order valence-electron chi connectivity index (χ3n) is 4.18. The summed E-state index contributed by atoms with van der Waals surface area (Å²) < 4.78 is 28.2. The summed E-state index contributed by atoms with van der Waals surface area (Å²) in [7, 11) is 0. The standard InChI is InChI=1S/C16H17F2N3O/c17-13-6-10(8-19)7-14(18)15(13)21-5-1-2-11(9-21)16(22)20-12-3-4-12/h6-7,11-12H,1-5,9H2,(H,20,22)/t11-/m0/s1. The average Bonchev–Trinajstić information content (AvgIpc) is 3.30. The number of hydrogen-bond donors (Lipinski definition) is 1. The number of amides is 1. The van der Waals surface area contributed by atoms with Crippen molar-refractivity contribution >= 4 is 11.6 Å². The van der Waals surface area contributed by atoms with E-state index in [1.54, 1.807) is 11.0 Å². The quantitative estimate of drug-likeness (QED) is 0.932. The lowest BCUT2D eigenvalue weighted by atomic mass is 9.96. The molecular weight excluding hydrogens is 288 g/mol. The van der Waals surface area contributed by atoms with Gasteiger partial charge in [0.2, 0.25) is 5.91 Å². The lowest BCUT2D eigenvalue weighted by Crippen LogP contribution is -2.44. The van der Waals surface area contributed by atoms with Crippen LogP contribution in [0.5, 0.6) is 0 Å². The molecule has 0 bridgehead atoms. The molecule has 22 heavy (non-hydrogen) atoms. The van der Waals surface area contributed by atoms with Crippen LogP contribution in [0.2, 0.25) is 0 Å². The van der Waals surface area contributed by atoms with Crippen molar-refractivity contribution in [2.45, 2.75) is 31.7 Å². The van der Waals surface area contributed by atoms with E-state index in [0.717, 1.165) is 31.4 Å². The van der Waals surface area contributed by atoms with Crippen LogP contribution >= 0.6 is 0 Å². The number of carbonyl (C=O) groups excluding carboxylic acids is 1. The van der Waals surface area contributed by atoms with Crippen molar-refractivity contribution in [2.75, 3.05) is 18.0 Å². The highest BCUT2D eigenvalue weighted by atomic mass is 19.1. The fraction of sp³-hybridized carbons (Fsp3) is 0.500. The van der Waals surface area contributed by atoms with E-state index in [4.69, 9.17) is 5.26 Å². The molecule has 2 aliphatic rings. The fourth-order valence-corrected chi connectivity index (χ4v) is 2.87. The highest BCUT2D eigenvalue weighted by Gasteiger charge is 2.32. The van der Waals surface area contributed by atoms with E-state index in [0.29, 0.717) is 19.5 Å². The Morgan fingerprint density at radius 2 is 1.95 bits per heavy atom. The van der Waals surface area contributed by atoms with Crippen molar-refractivity contribution in [2.24, 2.45) is 5.92 Å². The maximum atomic E-state index is 14.1. The first kappa shape index (κ1) is 14.8. The number of rotatable bonds is 3. The number of piperidine rings is 1. The molecule has 1 saturated carbocycles. The lowest BCUT2D eigenvalue weighted by molar-refractivity contribution is -0.125. The van der Waals surface area contributed by atoms with Gasteiger partial charge in [-0.1, -0.05) is 0 Å². The van der Waals surface area contributed by atoms with Crippen LogP contribution in [-0.2, 0) is 4.79 Å². The van der Waals surface area contributed by atoms with Gasteiger partial charge in [-0.3, -0.25) is 4.79 Å². The number of halogens is 2. The molecule has 0 spiro atoms. The highest BCUT2D eigenvalue weighted by molar-refractivity contribution is 5.80. The Balaban J connectivity index is 1.77. The second-order valence-corrected chi connectivity index (χ2v) is 5.97. The van der Waals surface area contributed by atoms with Crippen molar-refractivity contribution < 1.29 is 13.6 Å². The van der Waals surface area contributed by atoms with Crippen LogP contribution in [0.25, 0.3) is 0 Å². The Hall–Kier alpha value is -2.16. The summed E-state index contributed by atoms with van der Waals surface area (Å²) in [6.45, 7) is 0.811. The fourth-order valence-electron chi connectivity index (χ4n) is 2.87. The molecule has 1 aromatic carbocycles. The smallest absolute Gasteiger partial charge is 0.225 e. The normalized spacial score (nSPS) is 21.3. The van der Waals surface area contributed by atoms with Crippen molar-refractivity contribution in [1.82, 2.24) is 5.32 Å². The molecule has 1 saturated heterocycles. The van der Waals surface area contributed by atoms with Crippen LogP contribution in [0.3, 0.4) is 0 Å². The molecule has 1 aromatic rings. The first-order valence-corrected chi connectivity index (χ1v) is 7.53. The predicted octanol–water partition coefficient (Wildman–Crippen LogP) is 2.33. The number of nitrogens with one attached hydrogen (secondary N) is 1. The molecule has 3 rings (SSSR count). The molecule has 0 unspecified atom stereocenters. The minimum absolute atomic E-state index is 0.0262. The molecule has 1 N–H and O–H groups in total. The van der Waals surface area contributed by atoms with Crippen molar-refractivity contribution in [3.8, 4) is 6.07 Å². The minimum atomic E-state index is -0.750. The zero-order valence-electron chi connectivity index (χ0n) is 12.1. The molecule has 6 heteroatoms. The van der Waals surface area contributed by atoms with Crippen LogP contribution in [0, 0.1) is 28.9 Å². The van der Waals surface area contributed by atoms with Crippen molar-refractivity contribution in [3.63, 3.8) is 0 Å². The summed E-state index contributed by atoms with van der Waals surface area (Å²) in [5.41, 5.74) is -0.179. The molecule has 116 valence electrons. The third-order valence-corrected chi connectivity index (χ3v) is 4.18. The maximum absolute atomic E-state index is 14.1. The third kappa shape index (κ3) is 3.03. The van der Waals surface area contributed by atoms with E-state index in [1.165, 1.54) is 0 Å². The molecule has 1 amide bonds. The first-order chi connectivity index (χ1) is 10.6. The molecule has 1 aliphatic carbocycles. The van der Waals surface area contributed by atoms with E-state index >= 15 is 0 Å². The van der Waals surface area contributed by atoms with E-state index in [2.05, 4.69) is 5.32 Å². The van der Waals surface area contributed by atoms with E-state index < -0.39 is 11.6 Å². The van der Waals surface area contributed by atoms with Crippen LogP contribution in [0.1, 0.15) is 31.2 Å². The molecule has 0 radical (unpaired) electrons. The summed E-state index contributed by atoms with van der Waals surface area (Å²) in [5.74, 6) is -1.77. The van der Waals surface area contributed by atoms with Gasteiger partial charge in [-0.25, -0.2) is 8.78 Å². The van der Waals surface area contributed by atoms with Crippen LogP contribution in [0.15, 0.2) is 12.1 Å². The Morgan fingerprint density at radius 3 is 2.55 bits per heavy atom. The van der Waals surface area contributed by atoms with Crippen molar-refractivity contribution in [3.05, 3.63) is 29.3 Å². The van der Waals surface area contributed by atoms with Gasteiger partial charge in [0.15, 0.2) is 11.6 Å². The Bertz CT molecular complexity index is 614. The Labute approximate surface area is 127 Å². The number of carbonyl (C=O) groups is 1. The number of hydrogen-bond acceptors (Lipinski definition) is 3. The molecule has 0 aromatic heterocycles.